The SMILES string of the molecule is OCC(O)CO[PH](O)(O)O. The van der Waals surface area contributed by atoms with Crippen LogP contribution in [0.3, 0.4) is 0 Å². The third-order valence-corrected chi connectivity index (χ3v) is 1.23. The fourth-order valence-corrected chi connectivity index (χ4v) is 0.677. The molecule has 6 nitrogen and oxygen atoms in total. The summed E-state index contributed by atoms with van der Waals surface area (Å²) in [5.41, 5.74) is 0. The quantitative estimate of drug-likeness (QED) is 0.308. The van der Waals surface area contributed by atoms with Crippen LogP contribution in [0.2, 0.25) is 0 Å². The monoisotopic (exact) mass is 174 g/mol. The van der Waals surface area contributed by atoms with Gasteiger partial charge in [-0.05, 0) is 0 Å². The molecule has 0 aliphatic rings. The first kappa shape index (κ1) is 10.2. The van der Waals surface area contributed by atoms with Gasteiger partial charge in [0.2, 0.25) is 0 Å². The first-order valence-corrected chi connectivity index (χ1v) is 4.30. The molecule has 0 aromatic heterocycles. The molecule has 7 heteroatoms. The van der Waals surface area contributed by atoms with Crippen LogP contribution in [-0.4, -0.2) is 44.2 Å². The van der Waals surface area contributed by atoms with Crippen molar-refractivity contribution in [3.05, 3.63) is 0 Å². The number of aliphatic hydroxyl groups excluding tert-OH is 2. The standard InChI is InChI=1S/C3H11O6P/c4-1-3(5)2-9-10(6,7)8/h3-8,10H,1-2H2. The van der Waals surface area contributed by atoms with Gasteiger partial charge in [0.05, 0.1) is 0 Å². The van der Waals surface area contributed by atoms with E-state index in [2.05, 4.69) is 4.52 Å². The summed E-state index contributed by atoms with van der Waals surface area (Å²) in [5, 5.41) is 16.7. The molecule has 0 aromatic carbocycles. The van der Waals surface area contributed by atoms with Crippen LogP contribution < -0.4 is 0 Å². The molecule has 0 saturated heterocycles. The molecule has 1 unspecified atom stereocenters. The average molecular weight is 174 g/mol. The summed E-state index contributed by atoms with van der Waals surface area (Å²) in [4.78, 5) is 24.6. The van der Waals surface area contributed by atoms with Gasteiger partial charge in [0.25, 0.3) is 0 Å². The van der Waals surface area contributed by atoms with Crippen molar-refractivity contribution < 1.29 is 29.4 Å². The molecule has 10 heavy (non-hydrogen) atoms. The predicted octanol–water partition coefficient (Wildman–Crippen LogP) is -2.26. The summed E-state index contributed by atoms with van der Waals surface area (Å²) >= 11 is 0. The Balaban J connectivity index is 3.36. The van der Waals surface area contributed by atoms with Crippen LogP contribution >= 0.6 is 8.17 Å². The second-order valence-corrected chi connectivity index (χ2v) is 3.16. The Morgan fingerprint density at radius 1 is 1.30 bits per heavy atom. The molecular formula is C3H11O6P. The summed E-state index contributed by atoms with van der Waals surface area (Å²) in [7, 11) is -4.51. The van der Waals surface area contributed by atoms with Crippen LogP contribution in [0.25, 0.3) is 0 Å². The number of rotatable bonds is 4. The molecule has 0 heterocycles. The van der Waals surface area contributed by atoms with E-state index >= 15 is 0 Å². The van der Waals surface area contributed by atoms with Gasteiger partial charge >= 0.3 is 56.9 Å². The Hall–Kier alpha value is 0.190. The summed E-state index contributed by atoms with van der Waals surface area (Å²) in [6.07, 6.45) is -1.20. The van der Waals surface area contributed by atoms with Crippen molar-refractivity contribution in [2.75, 3.05) is 13.2 Å². The fourth-order valence-electron chi connectivity index (χ4n) is 0.261. The van der Waals surface area contributed by atoms with Gasteiger partial charge in [-0.15, -0.1) is 0 Å². The second-order valence-electron chi connectivity index (χ2n) is 1.72. The van der Waals surface area contributed by atoms with E-state index in [1.165, 1.54) is 0 Å². The minimum absolute atomic E-state index is 0.494. The van der Waals surface area contributed by atoms with E-state index in [1.54, 1.807) is 0 Å². The Labute approximate surface area is 58.0 Å². The molecule has 0 bridgehead atoms. The van der Waals surface area contributed by atoms with E-state index in [0.717, 1.165) is 0 Å². The Kier molecular flexibility index (Phi) is 4.23. The van der Waals surface area contributed by atoms with E-state index in [1.807, 2.05) is 0 Å². The second kappa shape index (κ2) is 4.15. The Morgan fingerprint density at radius 2 is 1.80 bits per heavy atom. The van der Waals surface area contributed by atoms with Crippen molar-refractivity contribution in [1.29, 1.82) is 0 Å². The van der Waals surface area contributed by atoms with Crippen molar-refractivity contribution in [3.63, 3.8) is 0 Å². The summed E-state index contributed by atoms with van der Waals surface area (Å²) in [5.74, 6) is 0. The molecule has 0 fully saturated rings. The zero-order valence-corrected chi connectivity index (χ0v) is 6.14. The van der Waals surface area contributed by atoms with Gasteiger partial charge in [-0.3, -0.25) is 0 Å². The third kappa shape index (κ3) is 6.31. The maximum absolute atomic E-state index is 8.54. The predicted molar refractivity (Wildman–Crippen MR) is 34.0 cm³/mol. The summed E-state index contributed by atoms with van der Waals surface area (Å²) < 4.78 is 3.98. The van der Waals surface area contributed by atoms with Gasteiger partial charge in [-0.2, -0.15) is 0 Å². The van der Waals surface area contributed by atoms with Crippen LogP contribution in [0, 0.1) is 0 Å². The van der Waals surface area contributed by atoms with Crippen LogP contribution in [-0.2, 0) is 4.52 Å². The van der Waals surface area contributed by atoms with Crippen molar-refractivity contribution in [2.24, 2.45) is 0 Å². The Morgan fingerprint density at radius 3 is 2.10 bits per heavy atom. The first-order valence-electron chi connectivity index (χ1n) is 2.55. The molecule has 1 atom stereocenters. The van der Waals surface area contributed by atoms with Crippen LogP contribution in [0.15, 0.2) is 0 Å². The molecule has 0 aromatic rings. The van der Waals surface area contributed by atoms with Crippen molar-refractivity contribution in [3.8, 4) is 0 Å². The van der Waals surface area contributed by atoms with Crippen LogP contribution in [0.4, 0.5) is 0 Å². The Bertz CT molecular complexity index is 89.5. The zero-order chi connectivity index (χ0) is 8.20. The maximum atomic E-state index is 8.54. The van der Waals surface area contributed by atoms with E-state index in [9.17, 15) is 0 Å². The number of hydrogen-bond acceptors (Lipinski definition) is 6. The van der Waals surface area contributed by atoms with Crippen LogP contribution in [0.1, 0.15) is 0 Å². The topological polar surface area (TPSA) is 110 Å². The van der Waals surface area contributed by atoms with Gasteiger partial charge < -0.3 is 0 Å². The molecule has 0 aliphatic carbocycles. The van der Waals surface area contributed by atoms with Gasteiger partial charge in [0.15, 0.2) is 0 Å². The first-order chi connectivity index (χ1) is 4.45. The molecular weight excluding hydrogens is 163 g/mol. The molecule has 0 radical (unpaired) electrons. The van der Waals surface area contributed by atoms with Gasteiger partial charge in [0.1, 0.15) is 0 Å². The number of aliphatic hydroxyl groups is 2. The molecule has 0 saturated carbocycles. The van der Waals surface area contributed by atoms with Crippen molar-refractivity contribution in [1.82, 2.24) is 0 Å². The van der Waals surface area contributed by atoms with Crippen LogP contribution in [0.5, 0.6) is 0 Å². The molecule has 0 rings (SSSR count). The fraction of sp³-hybridized carbons (Fsp3) is 1.00. The van der Waals surface area contributed by atoms with Crippen molar-refractivity contribution in [2.45, 2.75) is 6.10 Å². The molecule has 0 spiro atoms. The molecule has 64 valence electrons. The van der Waals surface area contributed by atoms with Gasteiger partial charge in [-0.25, -0.2) is 0 Å². The molecule has 5 N–H and O–H groups in total. The minimum atomic E-state index is -4.51. The van der Waals surface area contributed by atoms with E-state index in [-0.39, 0.29) is 0 Å². The van der Waals surface area contributed by atoms with E-state index < -0.39 is 27.5 Å². The summed E-state index contributed by atoms with van der Waals surface area (Å²) in [6, 6.07) is 0. The normalized spacial score (nSPS) is 16.9. The number of hydrogen-bond donors (Lipinski definition) is 5. The molecule has 0 amide bonds. The van der Waals surface area contributed by atoms with Gasteiger partial charge in [0, 0.05) is 0 Å². The van der Waals surface area contributed by atoms with Gasteiger partial charge in [-0.1, -0.05) is 0 Å². The molecule has 0 aliphatic heterocycles. The third-order valence-electron chi connectivity index (χ3n) is 0.680. The van der Waals surface area contributed by atoms with E-state index in [4.69, 9.17) is 24.9 Å². The van der Waals surface area contributed by atoms with Crippen molar-refractivity contribution >= 4 is 8.17 Å². The zero-order valence-electron chi connectivity index (χ0n) is 5.14. The summed E-state index contributed by atoms with van der Waals surface area (Å²) in [6.45, 7) is -1.04. The average Bonchev–Trinajstić information content (AvgIpc) is 1.81. The van der Waals surface area contributed by atoms with E-state index in [0.29, 0.717) is 0 Å².